The first-order chi connectivity index (χ1) is 16.1. The lowest BCUT2D eigenvalue weighted by atomic mass is 9.94. The summed E-state index contributed by atoms with van der Waals surface area (Å²) >= 11 is 0. The van der Waals surface area contributed by atoms with E-state index >= 15 is 0 Å². The third-order valence-corrected chi connectivity index (χ3v) is 6.04. The Kier molecular flexibility index (Phi) is 5.23. The lowest BCUT2D eigenvalue weighted by molar-refractivity contribution is 0.0946. The molecule has 1 aliphatic rings. The number of nitrogens with zero attached hydrogens (tertiary/aromatic N) is 3. The van der Waals surface area contributed by atoms with E-state index in [-0.39, 0.29) is 11.6 Å². The van der Waals surface area contributed by atoms with Crippen LogP contribution in [0.25, 0.3) is 27.2 Å². The summed E-state index contributed by atoms with van der Waals surface area (Å²) in [5, 5.41) is 2.98. The molecule has 0 fully saturated rings. The molecule has 33 heavy (non-hydrogen) atoms. The Bertz CT molecular complexity index is 1400. The highest BCUT2D eigenvalue weighted by Crippen LogP contribution is 2.41. The van der Waals surface area contributed by atoms with Gasteiger partial charge in [0, 0.05) is 48.7 Å². The van der Waals surface area contributed by atoms with Crippen molar-refractivity contribution in [2.75, 3.05) is 6.54 Å². The van der Waals surface area contributed by atoms with Crippen molar-refractivity contribution in [1.29, 1.82) is 0 Å². The van der Waals surface area contributed by atoms with Crippen LogP contribution in [-0.2, 0) is 13.0 Å². The first-order valence-electron chi connectivity index (χ1n) is 10.7. The molecule has 1 N–H and O–H groups in total. The number of nitrogens with one attached hydrogen (secondary N) is 1. The van der Waals surface area contributed by atoms with Gasteiger partial charge in [0.2, 0.25) is 0 Å². The molecule has 0 atom stereocenters. The number of pyridine rings is 1. The molecule has 162 valence electrons. The summed E-state index contributed by atoms with van der Waals surface area (Å²) in [4.78, 5) is 20.8. The molecule has 2 aromatic heterocycles. The SMILES string of the molecule is [C-]#[N+]c1cc(F)ccc1Cn1c2c(c(-c3ccc(C)cc3)c1-c1ccncc1)C(=O)NCC2. The highest BCUT2D eigenvalue weighted by Gasteiger charge is 2.31. The van der Waals surface area contributed by atoms with Gasteiger partial charge in [0.25, 0.3) is 5.91 Å². The number of benzene rings is 2. The molecule has 0 spiro atoms. The number of aryl methyl sites for hydroxylation is 1. The maximum atomic E-state index is 13.8. The first-order valence-corrected chi connectivity index (χ1v) is 10.7. The van der Waals surface area contributed by atoms with Crippen molar-refractivity contribution in [2.24, 2.45) is 0 Å². The lowest BCUT2D eigenvalue weighted by Gasteiger charge is -2.18. The summed E-state index contributed by atoms with van der Waals surface area (Å²) in [6, 6.07) is 16.3. The fraction of sp³-hybridized carbons (Fsp3) is 0.148. The Hall–Kier alpha value is -4.24. The number of rotatable bonds is 4. The van der Waals surface area contributed by atoms with E-state index in [1.54, 1.807) is 18.5 Å². The number of fused-ring (bicyclic) bond motifs is 1. The summed E-state index contributed by atoms with van der Waals surface area (Å²) in [5.74, 6) is -0.543. The Morgan fingerprint density at radius 2 is 1.82 bits per heavy atom. The molecule has 0 saturated carbocycles. The van der Waals surface area contributed by atoms with Crippen LogP contribution in [0.3, 0.4) is 0 Å². The second kappa shape index (κ2) is 8.36. The van der Waals surface area contributed by atoms with E-state index in [0.29, 0.717) is 30.6 Å². The van der Waals surface area contributed by atoms with Gasteiger partial charge in [-0.25, -0.2) is 9.24 Å². The van der Waals surface area contributed by atoms with Crippen molar-refractivity contribution >= 4 is 11.6 Å². The van der Waals surface area contributed by atoms with E-state index in [4.69, 9.17) is 6.57 Å². The predicted octanol–water partition coefficient (Wildman–Crippen LogP) is 5.55. The fourth-order valence-corrected chi connectivity index (χ4v) is 4.49. The van der Waals surface area contributed by atoms with Crippen molar-refractivity contribution < 1.29 is 9.18 Å². The van der Waals surface area contributed by atoms with Crippen LogP contribution < -0.4 is 5.32 Å². The Morgan fingerprint density at radius 1 is 1.06 bits per heavy atom. The van der Waals surface area contributed by atoms with E-state index in [1.165, 1.54) is 12.1 Å². The molecule has 0 aliphatic carbocycles. The summed E-state index contributed by atoms with van der Waals surface area (Å²) < 4.78 is 15.9. The Labute approximate surface area is 191 Å². The largest absolute Gasteiger partial charge is 0.352 e. The van der Waals surface area contributed by atoms with Gasteiger partial charge in [-0.3, -0.25) is 9.78 Å². The number of carbonyl (C=O) groups excluding carboxylic acids is 1. The van der Waals surface area contributed by atoms with Crippen LogP contribution in [0.15, 0.2) is 67.0 Å². The average Bonchev–Trinajstić information content (AvgIpc) is 3.16. The maximum Gasteiger partial charge on any atom is 0.253 e. The van der Waals surface area contributed by atoms with E-state index in [9.17, 15) is 9.18 Å². The zero-order valence-corrected chi connectivity index (χ0v) is 18.1. The molecule has 6 heteroatoms. The van der Waals surface area contributed by atoms with Gasteiger partial charge < -0.3 is 9.88 Å². The topological polar surface area (TPSA) is 51.3 Å². The zero-order valence-electron chi connectivity index (χ0n) is 18.1. The van der Waals surface area contributed by atoms with Crippen LogP contribution in [-0.4, -0.2) is 22.0 Å². The molecular weight excluding hydrogens is 415 g/mol. The molecule has 0 saturated heterocycles. The van der Waals surface area contributed by atoms with Crippen LogP contribution in [0.4, 0.5) is 10.1 Å². The predicted molar refractivity (Wildman–Crippen MR) is 126 cm³/mol. The molecule has 5 nitrogen and oxygen atoms in total. The molecule has 0 bridgehead atoms. The van der Waals surface area contributed by atoms with Gasteiger partial charge in [-0.15, -0.1) is 0 Å². The molecule has 4 aromatic rings. The van der Waals surface area contributed by atoms with Gasteiger partial charge in [0.1, 0.15) is 5.82 Å². The second-order valence-electron chi connectivity index (χ2n) is 8.12. The summed E-state index contributed by atoms with van der Waals surface area (Å²) in [5.41, 5.74) is 7.32. The highest BCUT2D eigenvalue weighted by molar-refractivity contribution is 6.07. The van der Waals surface area contributed by atoms with E-state index in [1.807, 2.05) is 43.3 Å². The van der Waals surface area contributed by atoms with Gasteiger partial charge in [-0.2, -0.15) is 0 Å². The molecule has 5 rings (SSSR count). The zero-order chi connectivity index (χ0) is 22.9. The van der Waals surface area contributed by atoms with Gasteiger partial charge in [-0.05, 0) is 42.3 Å². The third kappa shape index (κ3) is 3.68. The number of hydrogen-bond acceptors (Lipinski definition) is 2. The molecular formula is C27H21FN4O. The summed E-state index contributed by atoms with van der Waals surface area (Å²) in [6.07, 6.45) is 4.12. The van der Waals surface area contributed by atoms with E-state index < -0.39 is 5.82 Å². The normalized spacial score (nSPS) is 12.7. The number of aromatic nitrogens is 2. The standard InChI is InChI=1S/C27H21FN4O/c1-17-3-5-18(6-4-17)24-25-23(11-14-31-27(25)33)32(26(24)19-9-12-30-13-10-19)16-20-7-8-21(28)15-22(20)29-2/h3-10,12-13,15H,11,14,16H2,1H3,(H,31,33). The minimum Gasteiger partial charge on any atom is -0.352 e. The average molecular weight is 436 g/mol. The lowest BCUT2D eigenvalue weighted by Crippen LogP contribution is -2.32. The number of amides is 1. The quantitative estimate of drug-likeness (QED) is 0.427. The Morgan fingerprint density at radius 3 is 2.55 bits per heavy atom. The minimum atomic E-state index is -0.437. The Balaban J connectivity index is 1.82. The van der Waals surface area contributed by atoms with E-state index in [2.05, 4.69) is 19.7 Å². The fourth-order valence-electron chi connectivity index (χ4n) is 4.49. The van der Waals surface area contributed by atoms with Crippen LogP contribution in [0.5, 0.6) is 0 Å². The summed E-state index contributed by atoms with van der Waals surface area (Å²) in [7, 11) is 0. The van der Waals surface area contributed by atoms with Gasteiger partial charge >= 0.3 is 0 Å². The van der Waals surface area contributed by atoms with Crippen LogP contribution in [0, 0.1) is 19.3 Å². The second-order valence-corrected chi connectivity index (χ2v) is 8.12. The van der Waals surface area contributed by atoms with Crippen LogP contribution >= 0.6 is 0 Å². The molecule has 3 heterocycles. The van der Waals surface area contributed by atoms with Gasteiger partial charge in [0.15, 0.2) is 5.69 Å². The number of hydrogen-bond donors (Lipinski definition) is 1. The number of halogens is 1. The molecule has 1 amide bonds. The molecule has 0 unspecified atom stereocenters. The molecule has 0 radical (unpaired) electrons. The maximum absolute atomic E-state index is 13.8. The van der Waals surface area contributed by atoms with Crippen molar-refractivity contribution in [3.05, 3.63) is 107 Å². The van der Waals surface area contributed by atoms with Gasteiger partial charge in [-0.1, -0.05) is 35.9 Å². The molecule has 1 aliphatic heterocycles. The minimum absolute atomic E-state index is 0.106. The smallest absolute Gasteiger partial charge is 0.253 e. The molecule has 2 aromatic carbocycles. The summed E-state index contributed by atoms with van der Waals surface area (Å²) in [6.45, 7) is 10.4. The first kappa shape index (κ1) is 20.7. The van der Waals surface area contributed by atoms with Crippen molar-refractivity contribution in [1.82, 2.24) is 14.9 Å². The van der Waals surface area contributed by atoms with Crippen molar-refractivity contribution in [2.45, 2.75) is 19.9 Å². The monoisotopic (exact) mass is 436 g/mol. The van der Waals surface area contributed by atoms with E-state index in [0.717, 1.165) is 33.6 Å². The highest BCUT2D eigenvalue weighted by atomic mass is 19.1. The van der Waals surface area contributed by atoms with Crippen molar-refractivity contribution in [3.8, 4) is 22.4 Å². The van der Waals surface area contributed by atoms with Crippen LogP contribution in [0.1, 0.15) is 27.2 Å². The van der Waals surface area contributed by atoms with Crippen LogP contribution in [0.2, 0.25) is 0 Å². The van der Waals surface area contributed by atoms with Crippen molar-refractivity contribution in [3.63, 3.8) is 0 Å². The number of carbonyl (C=O) groups is 1. The third-order valence-electron chi connectivity index (χ3n) is 6.04. The van der Waals surface area contributed by atoms with Gasteiger partial charge in [0.05, 0.1) is 17.8 Å².